The van der Waals surface area contributed by atoms with E-state index in [0.29, 0.717) is 34.2 Å². The van der Waals surface area contributed by atoms with Crippen LogP contribution in [0, 0.1) is 31.4 Å². The summed E-state index contributed by atoms with van der Waals surface area (Å²) in [7, 11) is 1.49. The number of imide groups is 1. The van der Waals surface area contributed by atoms with Gasteiger partial charge in [-0.05, 0) is 88.7 Å². The number of aromatic hydroxyl groups is 1. The van der Waals surface area contributed by atoms with E-state index in [4.69, 9.17) is 4.74 Å². The highest BCUT2D eigenvalue weighted by Gasteiger charge is 2.55. The molecule has 1 aliphatic heterocycles. The van der Waals surface area contributed by atoms with Crippen LogP contribution in [0.1, 0.15) is 50.2 Å². The number of phenolic OH excluding ortho intramolecular Hbond substituents is 1. The van der Waals surface area contributed by atoms with Crippen molar-refractivity contribution in [3.8, 4) is 11.5 Å². The normalized spacial score (nSPS) is 20.4. The quantitative estimate of drug-likeness (QED) is 0.0474. The predicted octanol–water partition coefficient (Wildman–Crippen LogP) is 6.51. The largest absolute Gasteiger partial charge is 0.504 e. The van der Waals surface area contributed by atoms with Gasteiger partial charge in [0, 0.05) is 18.1 Å². The number of anilines is 1. The van der Waals surface area contributed by atoms with Crippen LogP contribution in [0.15, 0.2) is 77.9 Å². The number of nitro groups is 1. The molecule has 0 saturated carbocycles. The van der Waals surface area contributed by atoms with Crippen LogP contribution in [0.2, 0.25) is 0 Å². The summed E-state index contributed by atoms with van der Waals surface area (Å²) < 4.78 is 5.99. The summed E-state index contributed by atoms with van der Waals surface area (Å²) in [6, 6.07) is 18.8. The maximum atomic E-state index is 13.9. The standard InChI is InChI=1S/C36H37IN2O8/c1-3-8-24-18-27-33(36(44)38(35(27)43)25-11-7-12-26(19-25)39(45)46)28(20-40)32(24)30(41)14-13-23(22-9-5-4-6-10-22)15-21-16-29(37)34(42)31(17-21)47-2/h4-7,9-12,15-17,19,27-28,30,33,40-42H,3,8,13-14,18,20H2,1-2H3/b23-15-/t27-,28+,30-,33-/m1/s1. The van der Waals surface area contributed by atoms with E-state index in [0.717, 1.165) is 33.6 Å². The van der Waals surface area contributed by atoms with Gasteiger partial charge < -0.3 is 20.1 Å². The maximum Gasteiger partial charge on any atom is 0.271 e. The first-order chi connectivity index (χ1) is 22.6. The number of amides is 2. The zero-order valence-corrected chi connectivity index (χ0v) is 28.3. The lowest BCUT2D eigenvalue weighted by atomic mass is 9.67. The molecule has 1 heterocycles. The van der Waals surface area contributed by atoms with Gasteiger partial charge in [-0.3, -0.25) is 19.7 Å². The molecule has 10 nitrogen and oxygen atoms in total. The number of ether oxygens (including phenoxy) is 1. The summed E-state index contributed by atoms with van der Waals surface area (Å²) in [6.45, 7) is 1.56. The Morgan fingerprint density at radius 3 is 2.53 bits per heavy atom. The SMILES string of the molecule is CCCC1=C([C@H](O)CC/C(=C/c2cc(I)c(O)c(OC)c2)c2ccccc2)[C@H](CO)[C@@H]2C(=O)N(c3cccc([N+](=O)[O-])c3)C(=O)[C@@H]2C1. The molecule has 47 heavy (non-hydrogen) atoms. The number of aliphatic hydroxyl groups is 2. The number of benzene rings is 3. The second-order valence-electron chi connectivity index (χ2n) is 11.9. The van der Waals surface area contributed by atoms with Crippen molar-refractivity contribution in [2.45, 2.75) is 45.1 Å². The second kappa shape index (κ2) is 14.8. The van der Waals surface area contributed by atoms with Gasteiger partial charge in [0.15, 0.2) is 11.5 Å². The van der Waals surface area contributed by atoms with Crippen LogP contribution in [0.3, 0.4) is 0 Å². The molecule has 4 atom stereocenters. The van der Waals surface area contributed by atoms with Crippen molar-refractivity contribution >= 4 is 57.4 Å². The fourth-order valence-corrected chi connectivity index (χ4v) is 7.56. The summed E-state index contributed by atoms with van der Waals surface area (Å²) >= 11 is 2.05. The number of phenols is 1. The van der Waals surface area contributed by atoms with Gasteiger partial charge in [-0.25, -0.2) is 4.90 Å². The molecule has 2 amide bonds. The first-order valence-corrected chi connectivity index (χ1v) is 16.6. The zero-order valence-electron chi connectivity index (χ0n) is 26.1. The van der Waals surface area contributed by atoms with Crippen LogP contribution in [-0.2, 0) is 9.59 Å². The molecule has 0 unspecified atom stereocenters. The molecule has 0 aromatic heterocycles. The fraction of sp³-hybridized carbons (Fsp3) is 0.333. The minimum Gasteiger partial charge on any atom is -0.504 e. The number of methoxy groups -OCH3 is 1. The number of rotatable bonds is 12. The van der Waals surface area contributed by atoms with Crippen LogP contribution < -0.4 is 9.64 Å². The highest BCUT2D eigenvalue weighted by atomic mass is 127. The van der Waals surface area contributed by atoms with E-state index in [1.165, 1.54) is 31.4 Å². The highest BCUT2D eigenvalue weighted by molar-refractivity contribution is 14.1. The number of hydrogen-bond acceptors (Lipinski definition) is 8. The summed E-state index contributed by atoms with van der Waals surface area (Å²) in [4.78, 5) is 39.4. The van der Waals surface area contributed by atoms with Crippen molar-refractivity contribution in [2.75, 3.05) is 18.6 Å². The third kappa shape index (κ3) is 6.97. The molecular weight excluding hydrogens is 715 g/mol. The number of carbonyl (C=O) groups excluding carboxylic acids is 2. The fourth-order valence-electron chi connectivity index (χ4n) is 6.93. The second-order valence-corrected chi connectivity index (χ2v) is 13.0. The summed E-state index contributed by atoms with van der Waals surface area (Å²) in [5, 5.41) is 44.3. The Kier molecular flexibility index (Phi) is 10.8. The molecule has 1 aliphatic carbocycles. The van der Waals surface area contributed by atoms with Crippen LogP contribution in [0.25, 0.3) is 11.6 Å². The summed E-state index contributed by atoms with van der Waals surface area (Å²) in [6.07, 6.45) is 3.35. The maximum absolute atomic E-state index is 13.9. The van der Waals surface area contributed by atoms with Crippen LogP contribution in [0.4, 0.5) is 11.4 Å². The Morgan fingerprint density at radius 1 is 1.13 bits per heavy atom. The molecule has 1 fully saturated rings. The van der Waals surface area contributed by atoms with Crippen LogP contribution in [0.5, 0.6) is 11.5 Å². The number of fused-ring (bicyclic) bond motifs is 1. The third-order valence-corrected chi connectivity index (χ3v) is 9.86. The molecule has 11 heteroatoms. The lowest BCUT2D eigenvalue weighted by molar-refractivity contribution is -0.384. The van der Waals surface area contributed by atoms with Gasteiger partial charge >= 0.3 is 0 Å². The lowest BCUT2D eigenvalue weighted by Gasteiger charge is -2.36. The minimum absolute atomic E-state index is 0.0620. The Bertz CT molecular complexity index is 1740. The van der Waals surface area contributed by atoms with Crippen molar-refractivity contribution in [1.29, 1.82) is 0 Å². The van der Waals surface area contributed by atoms with Crippen molar-refractivity contribution in [3.63, 3.8) is 0 Å². The van der Waals surface area contributed by atoms with Crippen molar-refractivity contribution in [3.05, 3.63) is 103 Å². The van der Waals surface area contributed by atoms with Gasteiger partial charge in [0.25, 0.3) is 5.69 Å². The van der Waals surface area contributed by atoms with Crippen molar-refractivity contribution in [2.24, 2.45) is 17.8 Å². The zero-order chi connectivity index (χ0) is 33.8. The van der Waals surface area contributed by atoms with E-state index in [2.05, 4.69) is 0 Å². The molecule has 246 valence electrons. The van der Waals surface area contributed by atoms with E-state index in [1.807, 2.05) is 72.0 Å². The topological polar surface area (TPSA) is 150 Å². The third-order valence-electron chi connectivity index (χ3n) is 9.03. The van der Waals surface area contributed by atoms with Crippen molar-refractivity contribution < 1.29 is 34.6 Å². The van der Waals surface area contributed by atoms with E-state index in [9.17, 15) is 35.0 Å². The number of aliphatic hydroxyl groups excluding tert-OH is 2. The predicted molar refractivity (Wildman–Crippen MR) is 187 cm³/mol. The van der Waals surface area contributed by atoms with Crippen LogP contribution in [-0.4, -0.2) is 51.9 Å². The average Bonchev–Trinajstić information content (AvgIpc) is 3.32. The van der Waals surface area contributed by atoms with Gasteiger partial charge in [0.2, 0.25) is 11.8 Å². The van der Waals surface area contributed by atoms with Gasteiger partial charge in [0.05, 0.1) is 45.8 Å². The van der Waals surface area contributed by atoms with Crippen LogP contribution >= 0.6 is 22.6 Å². The van der Waals surface area contributed by atoms with Gasteiger partial charge in [0.1, 0.15) is 0 Å². The first kappa shape index (κ1) is 34.3. The number of halogens is 1. The molecule has 3 N–H and O–H groups in total. The van der Waals surface area contributed by atoms with Gasteiger partial charge in [-0.2, -0.15) is 0 Å². The summed E-state index contributed by atoms with van der Waals surface area (Å²) in [5.41, 5.74) is 4.06. The van der Waals surface area contributed by atoms with E-state index in [-0.39, 0.29) is 23.5 Å². The molecule has 5 rings (SSSR count). The molecule has 0 bridgehead atoms. The lowest BCUT2D eigenvalue weighted by Crippen LogP contribution is -2.39. The highest BCUT2D eigenvalue weighted by Crippen LogP contribution is 2.48. The van der Waals surface area contributed by atoms with Gasteiger partial charge in [-0.15, -0.1) is 0 Å². The molecule has 0 spiro atoms. The average molecular weight is 753 g/mol. The smallest absolute Gasteiger partial charge is 0.271 e. The van der Waals surface area contributed by atoms with E-state index in [1.54, 1.807) is 6.07 Å². The molecule has 3 aromatic carbocycles. The monoisotopic (exact) mass is 752 g/mol. The Morgan fingerprint density at radius 2 is 1.87 bits per heavy atom. The molecule has 3 aromatic rings. The molecule has 0 radical (unpaired) electrons. The van der Waals surface area contributed by atoms with Crippen molar-refractivity contribution in [1.82, 2.24) is 0 Å². The molecular formula is C36H37IN2O8. The minimum atomic E-state index is -0.994. The first-order valence-electron chi connectivity index (χ1n) is 15.5. The number of hydrogen-bond donors (Lipinski definition) is 3. The number of nitrogens with zero attached hydrogens (tertiary/aromatic N) is 2. The van der Waals surface area contributed by atoms with E-state index < -0.39 is 47.2 Å². The van der Waals surface area contributed by atoms with E-state index >= 15 is 0 Å². The molecule has 1 saturated heterocycles. The Hall–Kier alpha value is -4.07. The number of non-ortho nitro benzene ring substituents is 1. The summed E-state index contributed by atoms with van der Waals surface area (Å²) in [5.74, 6) is -2.97. The van der Waals surface area contributed by atoms with Gasteiger partial charge in [-0.1, -0.05) is 61.4 Å². The number of nitro benzene ring substituents is 1. The molecule has 2 aliphatic rings. The Balaban J connectivity index is 1.46. The Labute approximate surface area is 286 Å². The number of allylic oxidation sites excluding steroid dienone is 2. The number of carbonyl (C=O) groups is 2.